The van der Waals surface area contributed by atoms with Crippen molar-refractivity contribution in [3.05, 3.63) is 71.3 Å². The van der Waals surface area contributed by atoms with Crippen LogP contribution in [0.4, 0.5) is 0 Å². The first-order valence-corrected chi connectivity index (χ1v) is 6.41. The quantitative estimate of drug-likeness (QED) is 0.450. The third kappa shape index (κ3) is 1.34. The predicted octanol–water partition coefficient (Wildman–Crippen LogP) is 4.28. The molecule has 0 fully saturated rings. The van der Waals surface area contributed by atoms with Gasteiger partial charge in [0.25, 0.3) is 0 Å². The molecular formula is C18H11N. The van der Waals surface area contributed by atoms with Gasteiger partial charge in [0.05, 0.1) is 11.6 Å². The van der Waals surface area contributed by atoms with Crippen LogP contribution in [0.15, 0.2) is 54.6 Å². The minimum atomic E-state index is 0.764. The average Bonchev–Trinajstić information content (AvgIpc) is 2.48. The van der Waals surface area contributed by atoms with Crippen molar-refractivity contribution in [1.29, 1.82) is 5.26 Å². The van der Waals surface area contributed by atoms with Gasteiger partial charge in [0.1, 0.15) is 0 Å². The Balaban J connectivity index is 2.21. The molecule has 0 N–H and O–H groups in total. The first-order valence-electron chi connectivity index (χ1n) is 6.41. The molecule has 0 spiro atoms. The second-order valence-corrected chi connectivity index (χ2v) is 4.95. The van der Waals surface area contributed by atoms with Gasteiger partial charge in [-0.05, 0) is 40.1 Å². The molecule has 0 bridgehead atoms. The standard InChI is InChI=1S/C18H11N/c19-11-14-8-9-17-15-6-2-1-4-12(15)10-13-5-3-7-16(14)18(13)17/h1-9H,10H2. The van der Waals surface area contributed by atoms with E-state index in [1.165, 1.54) is 27.6 Å². The first-order chi connectivity index (χ1) is 9.38. The molecule has 4 rings (SSSR count). The van der Waals surface area contributed by atoms with Gasteiger partial charge in [-0.1, -0.05) is 48.5 Å². The van der Waals surface area contributed by atoms with Crippen LogP contribution in [0, 0.1) is 11.3 Å². The molecule has 1 heteroatoms. The number of hydrogen-bond donors (Lipinski definition) is 0. The van der Waals surface area contributed by atoms with Crippen molar-refractivity contribution in [3.63, 3.8) is 0 Å². The van der Waals surface area contributed by atoms with Gasteiger partial charge >= 0.3 is 0 Å². The highest BCUT2D eigenvalue weighted by atomic mass is 14.3. The SMILES string of the molecule is N#Cc1ccc2c3c(cccc13)Cc1ccccc1-2. The molecule has 0 radical (unpaired) electrons. The number of rotatable bonds is 0. The van der Waals surface area contributed by atoms with Crippen molar-refractivity contribution in [3.8, 4) is 17.2 Å². The van der Waals surface area contributed by atoms with E-state index in [1.54, 1.807) is 0 Å². The number of nitrogens with zero attached hydrogens (tertiary/aromatic N) is 1. The highest BCUT2D eigenvalue weighted by molar-refractivity contribution is 6.04. The zero-order chi connectivity index (χ0) is 12.8. The Bertz CT molecular complexity index is 853. The summed E-state index contributed by atoms with van der Waals surface area (Å²) in [5.41, 5.74) is 6.01. The highest BCUT2D eigenvalue weighted by Crippen LogP contribution is 2.40. The van der Waals surface area contributed by atoms with Gasteiger partial charge in [-0.3, -0.25) is 0 Å². The van der Waals surface area contributed by atoms with Gasteiger partial charge in [-0.25, -0.2) is 0 Å². The Kier molecular flexibility index (Phi) is 2.01. The van der Waals surface area contributed by atoms with Crippen LogP contribution >= 0.6 is 0 Å². The smallest absolute Gasteiger partial charge is 0.0998 e. The molecule has 0 atom stereocenters. The summed E-state index contributed by atoms with van der Waals surface area (Å²) in [5.74, 6) is 0. The fraction of sp³-hybridized carbons (Fsp3) is 0.0556. The lowest BCUT2D eigenvalue weighted by Crippen LogP contribution is -2.01. The van der Waals surface area contributed by atoms with Crippen LogP contribution in [0.5, 0.6) is 0 Å². The van der Waals surface area contributed by atoms with E-state index in [2.05, 4.69) is 54.6 Å². The van der Waals surface area contributed by atoms with Gasteiger partial charge in [-0.15, -0.1) is 0 Å². The molecule has 1 aliphatic carbocycles. The van der Waals surface area contributed by atoms with Crippen LogP contribution in [-0.2, 0) is 6.42 Å². The molecule has 0 amide bonds. The lowest BCUT2D eigenvalue weighted by molar-refractivity contribution is 1.20. The van der Waals surface area contributed by atoms with E-state index >= 15 is 0 Å². The molecule has 0 aromatic heterocycles. The van der Waals surface area contributed by atoms with Crippen molar-refractivity contribution in [2.75, 3.05) is 0 Å². The van der Waals surface area contributed by atoms with E-state index in [0.29, 0.717) is 0 Å². The minimum Gasteiger partial charge on any atom is -0.192 e. The number of hydrogen-bond acceptors (Lipinski definition) is 1. The molecule has 0 saturated carbocycles. The first kappa shape index (κ1) is 10.3. The lowest BCUT2D eigenvalue weighted by atomic mass is 9.83. The molecule has 19 heavy (non-hydrogen) atoms. The largest absolute Gasteiger partial charge is 0.192 e. The van der Waals surface area contributed by atoms with E-state index in [9.17, 15) is 5.26 Å². The molecule has 0 saturated heterocycles. The zero-order valence-corrected chi connectivity index (χ0v) is 10.4. The molecule has 88 valence electrons. The maximum absolute atomic E-state index is 9.25. The topological polar surface area (TPSA) is 23.8 Å². The van der Waals surface area contributed by atoms with Gasteiger partial charge in [0.2, 0.25) is 0 Å². The molecule has 1 nitrogen and oxygen atoms in total. The average molecular weight is 241 g/mol. The van der Waals surface area contributed by atoms with E-state index in [-0.39, 0.29) is 0 Å². The second kappa shape index (κ2) is 3.70. The summed E-state index contributed by atoms with van der Waals surface area (Å²) in [4.78, 5) is 0. The van der Waals surface area contributed by atoms with Crippen molar-refractivity contribution in [1.82, 2.24) is 0 Å². The zero-order valence-electron chi connectivity index (χ0n) is 10.4. The van der Waals surface area contributed by atoms with Crippen LogP contribution in [0.2, 0.25) is 0 Å². The summed E-state index contributed by atoms with van der Waals surface area (Å²) in [7, 11) is 0. The van der Waals surface area contributed by atoms with E-state index in [1.807, 2.05) is 6.07 Å². The van der Waals surface area contributed by atoms with E-state index in [0.717, 1.165) is 17.4 Å². The Morgan fingerprint density at radius 3 is 2.53 bits per heavy atom. The van der Waals surface area contributed by atoms with Crippen molar-refractivity contribution in [2.24, 2.45) is 0 Å². The van der Waals surface area contributed by atoms with Gasteiger partial charge in [0.15, 0.2) is 0 Å². The predicted molar refractivity (Wildman–Crippen MR) is 76.9 cm³/mol. The summed E-state index contributed by atoms with van der Waals surface area (Å²) >= 11 is 0. The van der Waals surface area contributed by atoms with Crippen molar-refractivity contribution >= 4 is 10.8 Å². The van der Waals surface area contributed by atoms with Crippen LogP contribution < -0.4 is 0 Å². The van der Waals surface area contributed by atoms with Crippen LogP contribution in [0.25, 0.3) is 21.9 Å². The Hall–Kier alpha value is -2.59. The summed E-state index contributed by atoms with van der Waals surface area (Å²) in [6.07, 6.45) is 0.954. The van der Waals surface area contributed by atoms with E-state index in [4.69, 9.17) is 0 Å². The van der Waals surface area contributed by atoms with Crippen LogP contribution in [0.1, 0.15) is 16.7 Å². The Morgan fingerprint density at radius 1 is 0.789 bits per heavy atom. The lowest BCUT2D eigenvalue weighted by Gasteiger charge is -2.21. The van der Waals surface area contributed by atoms with Crippen LogP contribution in [-0.4, -0.2) is 0 Å². The number of benzene rings is 3. The fourth-order valence-corrected chi connectivity index (χ4v) is 3.09. The van der Waals surface area contributed by atoms with E-state index < -0.39 is 0 Å². The summed E-state index contributed by atoms with van der Waals surface area (Å²) < 4.78 is 0. The molecule has 0 unspecified atom stereocenters. The highest BCUT2D eigenvalue weighted by Gasteiger charge is 2.18. The van der Waals surface area contributed by atoms with Crippen molar-refractivity contribution in [2.45, 2.75) is 6.42 Å². The molecule has 1 aliphatic rings. The normalized spacial score (nSPS) is 11.9. The van der Waals surface area contributed by atoms with Gasteiger partial charge < -0.3 is 0 Å². The molecular weight excluding hydrogens is 230 g/mol. The molecule has 0 aliphatic heterocycles. The number of nitriles is 1. The van der Waals surface area contributed by atoms with Crippen molar-refractivity contribution < 1.29 is 0 Å². The Labute approximate surface area is 111 Å². The molecule has 0 heterocycles. The van der Waals surface area contributed by atoms with Gasteiger partial charge in [0, 0.05) is 5.39 Å². The third-order valence-electron chi connectivity index (χ3n) is 3.94. The molecule has 3 aromatic carbocycles. The fourth-order valence-electron chi connectivity index (χ4n) is 3.09. The monoisotopic (exact) mass is 241 g/mol. The summed E-state index contributed by atoms with van der Waals surface area (Å²) in [5, 5.41) is 11.6. The maximum atomic E-state index is 9.25. The second-order valence-electron chi connectivity index (χ2n) is 4.95. The Morgan fingerprint density at radius 2 is 1.63 bits per heavy atom. The van der Waals surface area contributed by atoms with Gasteiger partial charge in [-0.2, -0.15) is 5.26 Å². The summed E-state index contributed by atoms with van der Waals surface area (Å²) in [6, 6.07) is 21.1. The summed E-state index contributed by atoms with van der Waals surface area (Å²) in [6.45, 7) is 0. The maximum Gasteiger partial charge on any atom is 0.0998 e. The third-order valence-corrected chi connectivity index (χ3v) is 3.94. The number of fused-ring (bicyclic) bond motifs is 2. The minimum absolute atomic E-state index is 0.764. The van der Waals surface area contributed by atoms with Crippen LogP contribution in [0.3, 0.4) is 0 Å². The molecule has 3 aromatic rings.